The molecule has 2 aromatic carbocycles. The maximum absolute atomic E-state index is 6.18. The normalized spacial score (nSPS) is 12.1. The second-order valence-corrected chi connectivity index (χ2v) is 5.64. The highest BCUT2D eigenvalue weighted by Gasteiger charge is 2.09. The van der Waals surface area contributed by atoms with Crippen LogP contribution in [0.25, 0.3) is 11.1 Å². The summed E-state index contributed by atoms with van der Waals surface area (Å²) in [5.74, 6) is 0.992. The molecule has 0 unspecified atom stereocenters. The Bertz CT molecular complexity index is 518. The SMILES string of the molecule is CCCCCC[C@@H](C)Oc1ccccc1-c1ccccc1. The van der Waals surface area contributed by atoms with Crippen molar-refractivity contribution in [2.45, 2.75) is 52.1 Å². The molecule has 1 heteroatoms. The van der Waals surface area contributed by atoms with Crippen molar-refractivity contribution < 1.29 is 4.74 Å². The largest absolute Gasteiger partial charge is 0.490 e. The highest BCUT2D eigenvalue weighted by atomic mass is 16.5. The van der Waals surface area contributed by atoms with Gasteiger partial charge in [0.2, 0.25) is 0 Å². The lowest BCUT2D eigenvalue weighted by Gasteiger charge is -2.17. The summed E-state index contributed by atoms with van der Waals surface area (Å²) >= 11 is 0. The molecular weight excluding hydrogens is 256 g/mol. The van der Waals surface area contributed by atoms with Crippen molar-refractivity contribution in [2.24, 2.45) is 0 Å². The molecule has 0 aromatic heterocycles. The summed E-state index contributed by atoms with van der Waals surface area (Å²) in [7, 11) is 0. The summed E-state index contributed by atoms with van der Waals surface area (Å²) < 4.78 is 6.18. The van der Waals surface area contributed by atoms with Crippen LogP contribution >= 0.6 is 0 Å². The number of para-hydroxylation sites is 1. The van der Waals surface area contributed by atoms with E-state index in [1.165, 1.54) is 36.8 Å². The summed E-state index contributed by atoms with van der Waals surface area (Å²) in [6.07, 6.45) is 6.57. The first kappa shape index (κ1) is 15.6. The zero-order valence-corrected chi connectivity index (χ0v) is 13.2. The first-order valence-electron chi connectivity index (χ1n) is 8.12. The van der Waals surface area contributed by atoms with Crippen LogP contribution in [0.15, 0.2) is 54.6 Å². The number of hydrogen-bond acceptors (Lipinski definition) is 1. The van der Waals surface area contributed by atoms with Gasteiger partial charge in [0.1, 0.15) is 5.75 Å². The van der Waals surface area contributed by atoms with Crippen LogP contribution in [0.2, 0.25) is 0 Å². The van der Waals surface area contributed by atoms with Crippen LogP contribution in [0.1, 0.15) is 46.0 Å². The van der Waals surface area contributed by atoms with Crippen LogP contribution in [-0.2, 0) is 0 Å². The van der Waals surface area contributed by atoms with Gasteiger partial charge in [-0.25, -0.2) is 0 Å². The van der Waals surface area contributed by atoms with Gasteiger partial charge in [0.15, 0.2) is 0 Å². The molecule has 0 saturated carbocycles. The zero-order valence-electron chi connectivity index (χ0n) is 13.2. The maximum Gasteiger partial charge on any atom is 0.127 e. The van der Waals surface area contributed by atoms with Gasteiger partial charge in [-0.2, -0.15) is 0 Å². The third-order valence-corrected chi connectivity index (χ3v) is 3.76. The summed E-state index contributed by atoms with van der Waals surface area (Å²) in [4.78, 5) is 0. The summed E-state index contributed by atoms with van der Waals surface area (Å²) in [6.45, 7) is 4.42. The number of unbranched alkanes of at least 4 members (excludes halogenated alkanes) is 3. The summed E-state index contributed by atoms with van der Waals surface area (Å²) in [6, 6.07) is 18.8. The lowest BCUT2D eigenvalue weighted by atomic mass is 10.0. The van der Waals surface area contributed by atoms with Crippen LogP contribution in [-0.4, -0.2) is 6.10 Å². The Hall–Kier alpha value is -1.76. The minimum atomic E-state index is 0.270. The van der Waals surface area contributed by atoms with Crippen LogP contribution in [0, 0.1) is 0 Å². The Morgan fingerprint density at radius 3 is 2.33 bits per heavy atom. The van der Waals surface area contributed by atoms with E-state index in [-0.39, 0.29) is 6.10 Å². The van der Waals surface area contributed by atoms with E-state index >= 15 is 0 Å². The van der Waals surface area contributed by atoms with Gasteiger partial charge in [-0.05, 0) is 31.4 Å². The molecule has 0 bridgehead atoms. The Kier molecular flexibility index (Phi) is 6.33. The molecule has 0 radical (unpaired) electrons. The average Bonchev–Trinajstić information content (AvgIpc) is 2.53. The van der Waals surface area contributed by atoms with Crippen LogP contribution in [0.5, 0.6) is 5.75 Å². The van der Waals surface area contributed by atoms with Gasteiger partial charge in [0.05, 0.1) is 6.10 Å². The van der Waals surface area contributed by atoms with E-state index in [0.29, 0.717) is 0 Å². The van der Waals surface area contributed by atoms with Crippen molar-refractivity contribution in [1.82, 2.24) is 0 Å². The van der Waals surface area contributed by atoms with Crippen molar-refractivity contribution >= 4 is 0 Å². The lowest BCUT2D eigenvalue weighted by molar-refractivity contribution is 0.207. The molecule has 21 heavy (non-hydrogen) atoms. The molecule has 0 spiro atoms. The topological polar surface area (TPSA) is 9.23 Å². The molecular formula is C20H26O. The highest BCUT2D eigenvalue weighted by molar-refractivity contribution is 5.70. The third kappa shape index (κ3) is 4.93. The second kappa shape index (κ2) is 8.51. The number of hydrogen-bond donors (Lipinski definition) is 0. The van der Waals surface area contributed by atoms with Crippen LogP contribution in [0.3, 0.4) is 0 Å². The van der Waals surface area contributed by atoms with Crippen molar-refractivity contribution in [3.63, 3.8) is 0 Å². The summed E-state index contributed by atoms with van der Waals surface area (Å²) in [5.41, 5.74) is 2.39. The Morgan fingerprint density at radius 2 is 1.57 bits per heavy atom. The lowest BCUT2D eigenvalue weighted by Crippen LogP contribution is -2.12. The smallest absolute Gasteiger partial charge is 0.127 e. The molecule has 0 aliphatic rings. The maximum atomic E-state index is 6.18. The number of ether oxygens (including phenoxy) is 1. The van der Waals surface area contributed by atoms with Gasteiger partial charge in [-0.15, -0.1) is 0 Å². The van der Waals surface area contributed by atoms with Crippen molar-refractivity contribution in [1.29, 1.82) is 0 Å². The fourth-order valence-electron chi connectivity index (χ4n) is 2.56. The molecule has 0 saturated heterocycles. The number of benzene rings is 2. The third-order valence-electron chi connectivity index (χ3n) is 3.76. The quantitative estimate of drug-likeness (QED) is 0.532. The molecule has 0 aliphatic heterocycles. The molecule has 1 atom stereocenters. The fraction of sp³-hybridized carbons (Fsp3) is 0.400. The van der Waals surface area contributed by atoms with Gasteiger partial charge < -0.3 is 4.74 Å². The molecule has 2 rings (SSSR count). The number of rotatable bonds is 8. The molecule has 0 N–H and O–H groups in total. The van der Waals surface area contributed by atoms with E-state index in [9.17, 15) is 0 Å². The first-order valence-corrected chi connectivity index (χ1v) is 8.12. The van der Waals surface area contributed by atoms with Crippen LogP contribution in [0.4, 0.5) is 0 Å². The first-order chi connectivity index (χ1) is 10.3. The molecule has 0 fully saturated rings. The molecule has 0 heterocycles. The Morgan fingerprint density at radius 1 is 0.857 bits per heavy atom. The van der Waals surface area contributed by atoms with Crippen LogP contribution < -0.4 is 4.74 Å². The van der Waals surface area contributed by atoms with E-state index in [2.05, 4.69) is 56.3 Å². The molecule has 0 aliphatic carbocycles. The van der Waals surface area contributed by atoms with E-state index in [1.807, 2.05) is 12.1 Å². The second-order valence-electron chi connectivity index (χ2n) is 5.64. The monoisotopic (exact) mass is 282 g/mol. The minimum absolute atomic E-state index is 0.270. The van der Waals surface area contributed by atoms with Gasteiger partial charge in [0.25, 0.3) is 0 Å². The fourth-order valence-corrected chi connectivity index (χ4v) is 2.56. The summed E-state index contributed by atoms with van der Waals surface area (Å²) in [5, 5.41) is 0. The predicted molar refractivity (Wildman–Crippen MR) is 90.7 cm³/mol. The van der Waals surface area contributed by atoms with Gasteiger partial charge >= 0.3 is 0 Å². The Balaban J connectivity index is 2.00. The zero-order chi connectivity index (χ0) is 14.9. The van der Waals surface area contributed by atoms with E-state index in [1.54, 1.807) is 0 Å². The molecule has 0 amide bonds. The van der Waals surface area contributed by atoms with E-state index in [4.69, 9.17) is 4.74 Å². The van der Waals surface area contributed by atoms with Gasteiger partial charge in [0, 0.05) is 5.56 Å². The van der Waals surface area contributed by atoms with Gasteiger partial charge in [-0.3, -0.25) is 0 Å². The molecule has 1 nitrogen and oxygen atoms in total. The standard InChI is InChI=1S/C20H26O/c1-3-4-5-7-12-17(2)21-20-16-11-10-15-19(20)18-13-8-6-9-14-18/h6,8-11,13-17H,3-5,7,12H2,1-2H3/t17-/m1/s1. The van der Waals surface area contributed by atoms with Gasteiger partial charge in [-0.1, -0.05) is 74.7 Å². The Labute approximate surface area is 129 Å². The van der Waals surface area contributed by atoms with Crippen molar-refractivity contribution in [3.05, 3.63) is 54.6 Å². The molecule has 2 aromatic rings. The van der Waals surface area contributed by atoms with E-state index in [0.717, 1.165) is 12.2 Å². The van der Waals surface area contributed by atoms with Crippen molar-refractivity contribution in [3.8, 4) is 16.9 Å². The van der Waals surface area contributed by atoms with Crippen molar-refractivity contribution in [2.75, 3.05) is 0 Å². The highest BCUT2D eigenvalue weighted by Crippen LogP contribution is 2.30. The minimum Gasteiger partial charge on any atom is -0.490 e. The predicted octanol–water partition coefficient (Wildman–Crippen LogP) is 6.09. The molecule has 112 valence electrons. The van der Waals surface area contributed by atoms with E-state index < -0.39 is 0 Å². The average molecular weight is 282 g/mol.